The Balaban J connectivity index is 3.34. The summed E-state index contributed by atoms with van der Waals surface area (Å²) in [5.41, 5.74) is 6.80. The first-order valence-corrected chi connectivity index (χ1v) is 4.97. The van der Waals surface area contributed by atoms with Gasteiger partial charge >= 0.3 is 0 Å². The molecule has 0 unspecified atom stereocenters. The lowest BCUT2D eigenvalue weighted by Gasteiger charge is -2.25. The lowest BCUT2D eigenvalue weighted by molar-refractivity contribution is 0.391. The topological polar surface area (TPSA) is 35.2 Å². The van der Waals surface area contributed by atoms with E-state index in [2.05, 4.69) is 0 Å². The van der Waals surface area contributed by atoms with Crippen LogP contribution in [0.4, 0.5) is 4.39 Å². The SMILES string of the molecule is COc1cc(C)c(F)cc1C(C)(C)CN. The standard InChI is InChI=1S/C12H18FNO/c1-8-5-11(15-4)9(6-10(8)13)12(2,3)7-14/h5-6H,7,14H2,1-4H3. The van der Waals surface area contributed by atoms with Crippen molar-refractivity contribution < 1.29 is 9.13 Å². The average molecular weight is 211 g/mol. The van der Waals surface area contributed by atoms with Crippen LogP contribution in [0.5, 0.6) is 5.75 Å². The maximum Gasteiger partial charge on any atom is 0.126 e. The van der Waals surface area contributed by atoms with E-state index < -0.39 is 0 Å². The van der Waals surface area contributed by atoms with Gasteiger partial charge in [-0.3, -0.25) is 0 Å². The van der Waals surface area contributed by atoms with Crippen molar-refractivity contribution in [3.63, 3.8) is 0 Å². The zero-order valence-corrected chi connectivity index (χ0v) is 9.73. The quantitative estimate of drug-likeness (QED) is 0.833. The number of methoxy groups -OCH3 is 1. The first kappa shape index (κ1) is 12.0. The second kappa shape index (κ2) is 4.19. The van der Waals surface area contributed by atoms with E-state index in [1.54, 1.807) is 20.1 Å². The van der Waals surface area contributed by atoms with E-state index in [0.717, 1.165) is 5.56 Å². The number of halogens is 1. The number of hydrogen-bond donors (Lipinski definition) is 1. The van der Waals surface area contributed by atoms with Crippen molar-refractivity contribution in [3.05, 3.63) is 29.1 Å². The van der Waals surface area contributed by atoms with Crippen molar-refractivity contribution in [2.45, 2.75) is 26.2 Å². The van der Waals surface area contributed by atoms with Gasteiger partial charge in [0.1, 0.15) is 11.6 Å². The molecule has 0 aromatic heterocycles. The Hall–Kier alpha value is -1.09. The van der Waals surface area contributed by atoms with Crippen molar-refractivity contribution in [3.8, 4) is 5.75 Å². The number of benzene rings is 1. The fourth-order valence-electron chi connectivity index (χ4n) is 1.46. The molecule has 0 atom stereocenters. The second-order valence-corrected chi connectivity index (χ2v) is 4.39. The summed E-state index contributed by atoms with van der Waals surface area (Å²) in [6.45, 7) is 6.11. The van der Waals surface area contributed by atoms with E-state index in [0.29, 0.717) is 17.9 Å². The number of nitrogens with two attached hydrogens (primary N) is 1. The molecule has 84 valence electrons. The first-order chi connectivity index (χ1) is 6.92. The molecule has 3 heteroatoms. The van der Waals surface area contributed by atoms with Crippen molar-refractivity contribution in [1.82, 2.24) is 0 Å². The molecule has 0 heterocycles. The van der Waals surface area contributed by atoms with Crippen LogP contribution in [0.2, 0.25) is 0 Å². The molecule has 0 bridgehead atoms. The van der Waals surface area contributed by atoms with Gasteiger partial charge in [-0.05, 0) is 24.6 Å². The van der Waals surface area contributed by atoms with Crippen LogP contribution in [-0.4, -0.2) is 13.7 Å². The van der Waals surface area contributed by atoms with Gasteiger partial charge in [0.25, 0.3) is 0 Å². The maximum atomic E-state index is 13.5. The fraction of sp³-hybridized carbons (Fsp3) is 0.500. The molecular formula is C12H18FNO. The van der Waals surface area contributed by atoms with Crippen LogP contribution in [0.25, 0.3) is 0 Å². The van der Waals surface area contributed by atoms with E-state index in [1.165, 1.54) is 6.07 Å². The van der Waals surface area contributed by atoms with Gasteiger partial charge < -0.3 is 10.5 Å². The number of hydrogen-bond acceptors (Lipinski definition) is 2. The van der Waals surface area contributed by atoms with Crippen LogP contribution in [0.3, 0.4) is 0 Å². The van der Waals surface area contributed by atoms with Gasteiger partial charge in [-0.15, -0.1) is 0 Å². The van der Waals surface area contributed by atoms with Crippen LogP contribution in [-0.2, 0) is 5.41 Å². The van der Waals surface area contributed by atoms with Crippen LogP contribution in [0.15, 0.2) is 12.1 Å². The van der Waals surface area contributed by atoms with E-state index in [9.17, 15) is 4.39 Å². The minimum absolute atomic E-state index is 0.215. The fourth-order valence-corrected chi connectivity index (χ4v) is 1.46. The Morgan fingerprint density at radius 3 is 2.47 bits per heavy atom. The van der Waals surface area contributed by atoms with Gasteiger partial charge in [0, 0.05) is 17.5 Å². The second-order valence-electron chi connectivity index (χ2n) is 4.39. The Morgan fingerprint density at radius 1 is 1.40 bits per heavy atom. The monoisotopic (exact) mass is 211 g/mol. The molecular weight excluding hydrogens is 193 g/mol. The van der Waals surface area contributed by atoms with E-state index in [1.807, 2.05) is 13.8 Å². The van der Waals surface area contributed by atoms with Crippen LogP contribution < -0.4 is 10.5 Å². The van der Waals surface area contributed by atoms with Gasteiger partial charge in [-0.25, -0.2) is 4.39 Å². The predicted octanol–water partition coefficient (Wildman–Crippen LogP) is 2.38. The molecule has 0 radical (unpaired) electrons. The van der Waals surface area contributed by atoms with Gasteiger partial charge in [0.2, 0.25) is 0 Å². The summed E-state index contributed by atoms with van der Waals surface area (Å²) in [6.07, 6.45) is 0. The smallest absolute Gasteiger partial charge is 0.126 e. The average Bonchev–Trinajstić information content (AvgIpc) is 2.21. The van der Waals surface area contributed by atoms with Crippen LogP contribution in [0, 0.1) is 12.7 Å². The molecule has 1 aromatic carbocycles. The summed E-state index contributed by atoms with van der Waals surface area (Å²) in [5, 5.41) is 0. The Bertz CT molecular complexity index is 361. The third kappa shape index (κ3) is 2.29. The minimum atomic E-state index is -0.278. The van der Waals surface area contributed by atoms with E-state index >= 15 is 0 Å². The maximum absolute atomic E-state index is 13.5. The highest BCUT2D eigenvalue weighted by atomic mass is 19.1. The number of rotatable bonds is 3. The lowest BCUT2D eigenvalue weighted by atomic mass is 9.83. The third-order valence-corrected chi connectivity index (χ3v) is 2.72. The molecule has 0 spiro atoms. The lowest BCUT2D eigenvalue weighted by Crippen LogP contribution is -2.28. The summed E-state index contributed by atoms with van der Waals surface area (Å²) < 4.78 is 18.7. The predicted molar refractivity (Wildman–Crippen MR) is 59.8 cm³/mol. The molecule has 2 nitrogen and oxygen atoms in total. The highest BCUT2D eigenvalue weighted by Crippen LogP contribution is 2.32. The minimum Gasteiger partial charge on any atom is -0.496 e. The Kier molecular flexibility index (Phi) is 3.35. The molecule has 1 rings (SSSR count). The summed E-state index contributed by atoms with van der Waals surface area (Å²) in [6, 6.07) is 3.23. The van der Waals surface area contributed by atoms with Gasteiger partial charge in [-0.2, -0.15) is 0 Å². The van der Waals surface area contributed by atoms with E-state index in [-0.39, 0.29) is 11.2 Å². The van der Waals surface area contributed by atoms with Crippen LogP contribution >= 0.6 is 0 Å². The Morgan fingerprint density at radius 2 is 2.00 bits per heavy atom. The van der Waals surface area contributed by atoms with E-state index in [4.69, 9.17) is 10.5 Å². The van der Waals surface area contributed by atoms with Crippen molar-refractivity contribution in [2.24, 2.45) is 5.73 Å². The molecule has 0 fully saturated rings. The zero-order valence-electron chi connectivity index (χ0n) is 9.73. The van der Waals surface area contributed by atoms with Crippen molar-refractivity contribution >= 4 is 0 Å². The molecule has 2 N–H and O–H groups in total. The Labute approximate surface area is 90.2 Å². The van der Waals surface area contributed by atoms with Crippen LogP contribution in [0.1, 0.15) is 25.0 Å². The van der Waals surface area contributed by atoms with Crippen molar-refractivity contribution in [2.75, 3.05) is 13.7 Å². The molecule has 15 heavy (non-hydrogen) atoms. The third-order valence-electron chi connectivity index (χ3n) is 2.72. The largest absolute Gasteiger partial charge is 0.496 e. The molecule has 0 aliphatic heterocycles. The highest BCUT2D eigenvalue weighted by Gasteiger charge is 2.24. The molecule has 0 aliphatic rings. The van der Waals surface area contributed by atoms with Gasteiger partial charge in [0.05, 0.1) is 7.11 Å². The first-order valence-electron chi connectivity index (χ1n) is 4.97. The van der Waals surface area contributed by atoms with Crippen molar-refractivity contribution in [1.29, 1.82) is 0 Å². The highest BCUT2D eigenvalue weighted by molar-refractivity contribution is 5.42. The zero-order chi connectivity index (χ0) is 11.6. The molecule has 0 aliphatic carbocycles. The van der Waals surface area contributed by atoms with Gasteiger partial charge in [-0.1, -0.05) is 13.8 Å². The molecule has 0 saturated carbocycles. The summed E-state index contributed by atoms with van der Waals surface area (Å²) in [7, 11) is 1.59. The number of ether oxygens (including phenoxy) is 1. The normalized spacial score (nSPS) is 11.6. The molecule has 1 aromatic rings. The summed E-state index contributed by atoms with van der Waals surface area (Å²) >= 11 is 0. The summed E-state index contributed by atoms with van der Waals surface area (Å²) in [4.78, 5) is 0. The molecule has 0 saturated heterocycles. The number of aryl methyl sites for hydroxylation is 1. The van der Waals surface area contributed by atoms with Gasteiger partial charge in [0.15, 0.2) is 0 Å². The summed E-state index contributed by atoms with van der Waals surface area (Å²) in [5.74, 6) is 0.483. The molecule has 0 amide bonds.